The highest BCUT2D eigenvalue weighted by molar-refractivity contribution is 6.34. The van der Waals surface area contributed by atoms with E-state index in [1.807, 2.05) is 50.3 Å². The second-order valence-corrected chi connectivity index (χ2v) is 11.6. The molecular formula is C30H38ClN3O5. The molecule has 5 atom stereocenters. The number of hydrogen-bond acceptors (Lipinski definition) is 5. The Morgan fingerprint density at radius 2 is 1.69 bits per heavy atom. The zero-order valence-corrected chi connectivity index (χ0v) is 23.5. The SMILES string of the molecule is CCCN1CC=C[C@]2(C)O[C@]34C=CCN(c5ccccc5Cl)C(=O)C3N(CCCCCCO)C(=O)[C@@H]4[C@@H]2C1=O. The van der Waals surface area contributed by atoms with Crippen LogP contribution in [0.4, 0.5) is 5.69 Å². The van der Waals surface area contributed by atoms with Crippen molar-refractivity contribution in [3.05, 3.63) is 53.6 Å². The average molecular weight is 556 g/mol. The van der Waals surface area contributed by atoms with Gasteiger partial charge in [-0.25, -0.2) is 0 Å². The molecule has 9 heteroatoms. The van der Waals surface area contributed by atoms with Crippen molar-refractivity contribution in [2.45, 2.75) is 63.2 Å². The van der Waals surface area contributed by atoms with Crippen molar-refractivity contribution in [2.75, 3.05) is 37.7 Å². The lowest BCUT2D eigenvalue weighted by Gasteiger charge is -2.37. The van der Waals surface area contributed by atoms with Gasteiger partial charge in [0, 0.05) is 32.8 Å². The van der Waals surface area contributed by atoms with Gasteiger partial charge in [-0.2, -0.15) is 0 Å². The van der Waals surface area contributed by atoms with Gasteiger partial charge in [0.05, 0.1) is 28.1 Å². The maximum atomic E-state index is 14.4. The third kappa shape index (κ3) is 4.60. The van der Waals surface area contributed by atoms with Crippen molar-refractivity contribution in [2.24, 2.45) is 11.8 Å². The number of aliphatic hydroxyl groups excluding tert-OH is 1. The molecule has 4 aliphatic rings. The molecule has 0 bridgehead atoms. The largest absolute Gasteiger partial charge is 0.396 e. The Morgan fingerprint density at radius 3 is 2.44 bits per heavy atom. The number of unbranched alkanes of at least 4 members (excludes halogenated alkanes) is 3. The number of likely N-dealkylation sites (tertiary alicyclic amines) is 1. The number of aliphatic hydroxyl groups is 1. The van der Waals surface area contributed by atoms with E-state index >= 15 is 0 Å². The van der Waals surface area contributed by atoms with Gasteiger partial charge in [-0.3, -0.25) is 14.4 Å². The number of carbonyl (C=O) groups is 3. The molecule has 0 radical (unpaired) electrons. The van der Waals surface area contributed by atoms with Gasteiger partial charge in [-0.15, -0.1) is 0 Å². The highest BCUT2D eigenvalue weighted by Gasteiger charge is 2.74. The molecule has 8 nitrogen and oxygen atoms in total. The van der Waals surface area contributed by atoms with Crippen LogP contribution in [0.5, 0.6) is 0 Å². The Morgan fingerprint density at radius 1 is 0.949 bits per heavy atom. The lowest BCUT2D eigenvalue weighted by atomic mass is 9.74. The van der Waals surface area contributed by atoms with Gasteiger partial charge < -0.3 is 24.5 Å². The van der Waals surface area contributed by atoms with E-state index in [2.05, 4.69) is 0 Å². The van der Waals surface area contributed by atoms with Crippen molar-refractivity contribution < 1.29 is 24.2 Å². The van der Waals surface area contributed by atoms with Crippen LogP contribution in [0.1, 0.15) is 46.0 Å². The topological polar surface area (TPSA) is 90.4 Å². The maximum Gasteiger partial charge on any atom is 0.253 e. The number of ether oxygens (including phenoxy) is 1. The summed E-state index contributed by atoms with van der Waals surface area (Å²) in [5.74, 6) is -2.13. The fraction of sp³-hybridized carbons (Fsp3) is 0.567. The molecule has 1 aromatic rings. The average Bonchev–Trinajstić information content (AvgIpc) is 3.18. The Labute approximate surface area is 235 Å². The summed E-state index contributed by atoms with van der Waals surface area (Å²) in [4.78, 5) is 47.8. The molecule has 2 fully saturated rings. The number of carbonyl (C=O) groups excluding carboxylic acids is 3. The van der Waals surface area contributed by atoms with Crippen molar-refractivity contribution in [1.82, 2.24) is 9.80 Å². The first-order valence-electron chi connectivity index (χ1n) is 14.1. The van der Waals surface area contributed by atoms with Gasteiger partial charge in [0.25, 0.3) is 5.91 Å². The number of amides is 3. The molecule has 3 amide bonds. The highest BCUT2D eigenvalue weighted by Crippen LogP contribution is 2.57. The van der Waals surface area contributed by atoms with E-state index in [1.165, 1.54) is 0 Å². The molecule has 1 spiro atoms. The molecule has 0 saturated carbocycles. The van der Waals surface area contributed by atoms with Crippen LogP contribution in [0.3, 0.4) is 0 Å². The molecule has 4 heterocycles. The van der Waals surface area contributed by atoms with Gasteiger partial charge in [0.2, 0.25) is 11.8 Å². The third-order valence-electron chi connectivity index (χ3n) is 8.58. The lowest BCUT2D eigenvalue weighted by Crippen LogP contribution is -2.56. The monoisotopic (exact) mass is 555 g/mol. The van der Waals surface area contributed by atoms with E-state index in [1.54, 1.807) is 26.8 Å². The summed E-state index contributed by atoms with van der Waals surface area (Å²) in [5.41, 5.74) is -1.72. The van der Waals surface area contributed by atoms with Crippen molar-refractivity contribution in [1.29, 1.82) is 0 Å². The van der Waals surface area contributed by atoms with Crippen molar-refractivity contribution in [3.8, 4) is 0 Å². The van der Waals surface area contributed by atoms with Gasteiger partial charge >= 0.3 is 0 Å². The minimum Gasteiger partial charge on any atom is -0.396 e. The van der Waals surface area contributed by atoms with E-state index in [0.29, 0.717) is 43.2 Å². The first kappa shape index (κ1) is 27.9. The van der Waals surface area contributed by atoms with E-state index in [4.69, 9.17) is 21.4 Å². The Kier molecular flexibility index (Phi) is 7.91. The minimum atomic E-state index is -1.27. The number of anilines is 1. The normalized spacial score (nSPS) is 31.8. The summed E-state index contributed by atoms with van der Waals surface area (Å²) in [6.07, 6.45) is 11.4. The molecule has 0 aliphatic carbocycles. The fourth-order valence-electron chi connectivity index (χ4n) is 6.92. The van der Waals surface area contributed by atoms with E-state index < -0.39 is 29.1 Å². The predicted molar refractivity (Wildman–Crippen MR) is 149 cm³/mol. The number of nitrogens with zero attached hydrogens (tertiary/aromatic N) is 3. The maximum absolute atomic E-state index is 14.4. The van der Waals surface area contributed by atoms with Crippen LogP contribution in [0.25, 0.3) is 0 Å². The van der Waals surface area contributed by atoms with Gasteiger partial charge in [0.1, 0.15) is 11.6 Å². The number of rotatable bonds is 9. The second kappa shape index (κ2) is 11.1. The van der Waals surface area contributed by atoms with Crippen LogP contribution >= 0.6 is 11.6 Å². The highest BCUT2D eigenvalue weighted by atomic mass is 35.5. The predicted octanol–water partition coefficient (Wildman–Crippen LogP) is 3.57. The van der Waals surface area contributed by atoms with Crippen LogP contribution in [0.15, 0.2) is 48.6 Å². The number of halogens is 1. The second-order valence-electron chi connectivity index (χ2n) is 11.2. The first-order valence-corrected chi connectivity index (χ1v) is 14.5. The molecule has 2 saturated heterocycles. The fourth-order valence-corrected chi connectivity index (χ4v) is 7.15. The Hall–Kier alpha value is -2.68. The van der Waals surface area contributed by atoms with Gasteiger partial charge in [-0.05, 0) is 38.3 Å². The molecule has 39 heavy (non-hydrogen) atoms. The van der Waals surface area contributed by atoms with Gasteiger partial charge in [0.15, 0.2) is 0 Å². The van der Waals surface area contributed by atoms with E-state index in [9.17, 15) is 14.4 Å². The lowest BCUT2D eigenvalue weighted by molar-refractivity contribution is -0.148. The summed E-state index contributed by atoms with van der Waals surface area (Å²) in [7, 11) is 0. The third-order valence-corrected chi connectivity index (χ3v) is 8.90. The first-order chi connectivity index (χ1) is 18.8. The molecule has 0 aromatic heterocycles. The quantitative estimate of drug-likeness (QED) is 0.371. The van der Waals surface area contributed by atoms with Crippen LogP contribution in [-0.4, -0.2) is 82.7 Å². The van der Waals surface area contributed by atoms with Crippen molar-refractivity contribution in [3.63, 3.8) is 0 Å². The van der Waals surface area contributed by atoms with Gasteiger partial charge in [-0.1, -0.05) is 67.8 Å². The Balaban J connectivity index is 1.58. The number of benzene rings is 1. The van der Waals surface area contributed by atoms with Crippen LogP contribution in [-0.2, 0) is 19.1 Å². The van der Waals surface area contributed by atoms with Crippen molar-refractivity contribution >= 4 is 35.0 Å². The molecule has 210 valence electrons. The summed E-state index contributed by atoms with van der Waals surface area (Å²) in [6.45, 7) is 5.75. The summed E-state index contributed by atoms with van der Waals surface area (Å²) < 4.78 is 6.86. The molecular weight excluding hydrogens is 518 g/mol. The van der Waals surface area contributed by atoms with Crippen LogP contribution < -0.4 is 4.90 Å². The minimum absolute atomic E-state index is 0.101. The molecule has 1 N–H and O–H groups in total. The van der Waals surface area contributed by atoms with E-state index in [-0.39, 0.29) is 30.9 Å². The molecule has 1 aromatic carbocycles. The van der Waals surface area contributed by atoms with Crippen LogP contribution in [0.2, 0.25) is 5.02 Å². The van der Waals surface area contributed by atoms with E-state index in [0.717, 1.165) is 19.3 Å². The number of para-hydroxylation sites is 1. The smallest absolute Gasteiger partial charge is 0.253 e. The zero-order chi connectivity index (χ0) is 27.8. The summed E-state index contributed by atoms with van der Waals surface area (Å²) >= 11 is 6.52. The Bertz CT molecular complexity index is 1190. The summed E-state index contributed by atoms with van der Waals surface area (Å²) in [5, 5.41) is 9.61. The number of fused-ring (bicyclic) bond motifs is 2. The molecule has 4 aliphatic heterocycles. The standard InChI is InChI=1S/C30H38ClN3O5/c1-3-16-32-17-10-14-29(2)23(26(32)36)24-27(37)34(18-8-4-5-9-20-35)25-28(38)33(19-11-15-30(24,25)39-29)22-13-7-6-12-21(22)31/h6-7,10-15,23-25,35H,3-5,8-9,16-20H2,1-2H3/t23-,24+,25?,29+,30+/m1/s1. The molecule has 5 rings (SSSR count). The summed E-state index contributed by atoms with van der Waals surface area (Å²) in [6, 6.07) is 6.26. The molecule has 1 unspecified atom stereocenters. The zero-order valence-electron chi connectivity index (χ0n) is 22.7. The van der Waals surface area contributed by atoms with Crippen LogP contribution in [0, 0.1) is 11.8 Å². The number of hydrogen-bond donors (Lipinski definition) is 1.